The van der Waals surface area contributed by atoms with E-state index >= 15 is 0 Å². The molecule has 0 N–H and O–H groups in total. The van der Waals surface area contributed by atoms with Gasteiger partial charge in [-0.05, 0) is 17.7 Å². The molecule has 0 aliphatic heterocycles. The van der Waals surface area contributed by atoms with E-state index in [1.165, 1.54) is 25.3 Å². The van der Waals surface area contributed by atoms with Crippen LogP contribution < -0.4 is 0 Å². The zero-order chi connectivity index (χ0) is 15.4. The van der Waals surface area contributed by atoms with E-state index in [2.05, 4.69) is 19.8 Å². The number of benzene rings is 1. The molecule has 2 rings (SSSR count). The fourth-order valence-corrected chi connectivity index (χ4v) is 1.76. The van der Waals surface area contributed by atoms with Gasteiger partial charge in [-0.3, -0.25) is 0 Å². The van der Waals surface area contributed by atoms with Gasteiger partial charge in [-0.15, -0.1) is 5.10 Å². The van der Waals surface area contributed by atoms with E-state index in [0.29, 0.717) is 5.56 Å². The smallest absolute Gasteiger partial charge is 0.361 e. The highest BCUT2D eigenvalue weighted by atomic mass is 19.1. The maximum absolute atomic E-state index is 13.2. The molecule has 0 unspecified atom stereocenters. The first-order valence-corrected chi connectivity index (χ1v) is 5.91. The standard InChI is InChI=1S/C13H12FN3O4/c1-20-12(18)10-11(13(19)21-2)17(16-15-10)7-8-4-3-5-9(14)6-8/h3-6H,7H2,1-2H3. The molecule has 1 aromatic carbocycles. The number of carbonyl (C=O) groups excluding carboxylic acids is 2. The molecule has 0 spiro atoms. The maximum Gasteiger partial charge on any atom is 0.361 e. The van der Waals surface area contributed by atoms with Gasteiger partial charge in [0.25, 0.3) is 0 Å². The van der Waals surface area contributed by atoms with Crippen molar-refractivity contribution in [2.45, 2.75) is 6.54 Å². The number of ether oxygens (including phenoxy) is 2. The first-order valence-electron chi connectivity index (χ1n) is 5.91. The van der Waals surface area contributed by atoms with E-state index in [1.54, 1.807) is 6.07 Å². The first-order chi connectivity index (χ1) is 10.1. The summed E-state index contributed by atoms with van der Waals surface area (Å²) in [6.45, 7) is 0.0617. The average molecular weight is 293 g/mol. The van der Waals surface area contributed by atoms with Crippen LogP contribution in [0.4, 0.5) is 4.39 Å². The van der Waals surface area contributed by atoms with Gasteiger partial charge in [0.15, 0.2) is 5.69 Å². The second-order valence-electron chi connectivity index (χ2n) is 4.06. The summed E-state index contributed by atoms with van der Waals surface area (Å²) in [5.74, 6) is -2.00. The van der Waals surface area contributed by atoms with Crippen molar-refractivity contribution in [2.75, 3.05) is 14.2 Å². The van der Waals surface area contributed by atoms with E-state index in [0.717, 1.165) is 11.8 Å². The summed E-state index contributed by atoms with van der Waals surface area (Å²) in [6.07, 6.45) is 0. The molecule has 1 heterocycles. The van der Waals surface area contributed by atoms with E-state index < -0.39 is 17.8 Å². The van der Waals surface area contributed by atoms with Crippen molar-refractivity contribution in [2.24, 2.45) is 0 Å². The van der Waals surface area contributed by atoms with Crippen molar-refractivity contribution < 1.29 is 23.5 Å². The molecule has 0 bridgehead atoms. The second kappa shape index (κ2) is 6.12. The largest absolute Gasteiger partial charge is 0.464 e. The molecule has 0 aliphatic carbocycles. The van der Waals surface area contributed by atoms with E-state index in [9.17, 15) is 14.0 Å². The predicted molar refractivity (Wildman–Crippen MR) is 68.2 cm³/mol. The third-order valence-corrected chi connectivity index (χ3v) is 2.71. The van der Waals surface area contributed by atoms with Crippen LogP contribution in [-0.4, -0.2) is 41.2 Å². The Hall–Kier alpha value is -2.77. The number of halogens is 1. The lowest BCUT2D eigenvalue weighted by atomic mass is 10.2. The molecule has 0 fully saturated rings. The average Bonchev–Trinajstić information content (AvgIpc) is 2.89. The minimum atomic E-state index is -0.805. The van der Waals surface area contributed by atoms with Gasteiger partial charge in [-0.2, -0.15) is 0 Å². The molecule has 1 aromatic heterocycles. The van der Waals surface area contributed by atoms with Gasteiger partial charge >= 0.3 is 11.9 Å². The van der Waals surface area contributed by atoms with Crippen molar-refractivity contribution in [3.8, 4) is 0 Å². The maximum atomic E-state index is 13.2. The number of hydrogen-bond donors (Lipinski definition) is 0. The summed E-state index contributed by atoms with van der Waals surface area (Å²) in [7, 11) is 2.33. The fraction of sp³-hybridized carbons (Fsp3) is 0.231. The lowest BCUT2D eigenvalue weighted by molar-refractivity contribution is 0.0544. The summed E-state index contributed by atoms with van der Waals surface area (Å²) in [5, 5.41) is 7.34. The zero-order valence-electron chi connectivity index (χ0n) is 11.4. The van der Waals surface area contributed by atoms with Gasteiger partial charge in [0, 0.05) is 0 Å². The van der Waals surface area contributed by atoms with Crippen LogP contribution in [0.15, 0.2) is 24.3 Å². The molecule has 2 aromatic rings. The summed E-state index contributed by atoms with van der Waals surface area (Å²) >= 11 is 0. The number of esters is 2. The van der Waals surface area contributed by atoms with Gasteiger partial charge in [-0.1, -0.05) is 17.3 Å². The minimum absolute atomic E-state index is 0.0617. The van der Waals surface area contributed by atoms with Crippen molar-refractivity contribution in [3.05, 3.63) is 47.0 Å². The summed E-state index contributed by atoms with van der Waals surface area (Å²) < 4.78 is 23.5. The monoisotopic (exact) mass is 293 g/mol. The number of aromatic nitrogens is 3. The Kier molecular flexibility index (Phi) is 4.27. The Bertz CT molecular complexity index is 684. The van der Waals surface area contributed by atoms with Gasteiger partial charge in [0.2, 0.25) is 5.69 Å². The number of rotatable bonds is 4. The van der Waals surface area contributed by atoms with Crippen LogP contribution in [0.2, 0.25) is 0 Å². The second-order valence-corrected chi connectivity index (χ2v) is 4.06. The number of carbonyl (C=O) groups is 2. The van der Waals surface area contributed by atoms with Crippen molar-refractivity contribution in [3.63, 3.8) is 0 Å². The van der Waals surface area contributed by atoms with Crippen LogP contribution in [0.25, 0.3) is 0 Å². The Labute approximate surface area is 119 Å². The van der Waals surface area contributed by atoms with Gasteiger partial charge in [0.1, 0.15) is 5.82 Å². The number of nitrogens with zero attached hydrogens (tertiary/aromatic N) is 3. The highest BCUT2D eigenvalue weighted by Gasteiger charge is 2.26. The topological polar surface area (TPSA) is 83.3 Å². The van der Waals surface area contributed by atoms with Crippen LogP contribution in [0, 0.1) is 5.82 Å². The highest BCUT2D eigenvalue weighted by Crippen LogP contribution is 2.12. The third kappa shape index (κ3) is 3.04. The van der Waals surface area contributed by atoms with Gasteiger partial charge in [-0.25, -0.2) is 18.7 Å². The summed E-state index contributed by atoms with van der Waals surface area (Å²) in [4.78, 5) is 23.4. The number of hydrogen-bond acceptors (Lipinski definition) is 6. The Morgan fingerprint density at radius 1 is 1.24 bits per heavy atom. The van der Waals surface area contributed by atoms with Crippen molar-refractivity contribution >= 4 is 11.9 Å². The first kappa shape index (κ1) is 14.6. The molecule has 21 heavy (non-hydrogen) atoms. The predicted octanol–water partition coefficient (Wildman–Crippen LogP) is 1.04. The molecule has 0 amide bonds. The summed E-state index contributed by atoms with van der Waals surface area (Å²) in [6, 6.07) is 5.77. The van der Waals surface area contributed by atoms with E-state index in [-0.39, 0.29) is 17.9 Å². The highest BCUT2D eigenvalue weighted by molar-refractivity contribution is 6.00. The molecule has 7 nitrogen and oxygen atoms in total. The molecular weight excluding hydrogens is 281 g/mol. The minimum Gasteiger partial charge on any atom is -0.464 e. The molecule has 0 radical (unpaired) electrons. The Morgan fingerprint density at radius 2 is 1.95 bits per heavy atom. The Morgan fingerprint density at radius 3 is 2.57 bits per heavy atom. The fourth-order valence-electron chi connectivity index (χ4n) is 1.76. The lowest BCUT2D eigenvalue weighted by Gasteiger charge is -2.06. The SMILES string of the molecule is COC(=O)c1nnn(Cc2cccc(F)c2)c1C(=O)OC. The Balaban J connectivity index is 2.41. The van der Waals surface area contributed by atoms with Crippen LogP contribution in [-0.2, 0) is 16.0 Å². The molecule has 0 saturated carbocycles. The summed E-state index contributed by atoms with van der Waals surface area (Å²) in [5.41, 5.74) is 0.163. The molecule has 0 aliphatic rings. The molecule has 0 saturated heterocycles. The van der Waals surface area contributed by atoms with Crippen LogP contribution in [0.5, 0.6) is 0 Å². The lowest BCUT2D eigenvalue weighted by Crippen LogP contribution is -2.17. The van der Waals surface area contributed by atoms with Gasteiger partial charge < -0.3 is 9.47 Å². The van der Waals surface area contributed by atoms with Crippen LogP contribution in [0.3, 0.4) is 0 Å². The van der Waals surface area contributed by atoms with Crippen molar-refractivity contribution in [1.82, 2.24) is 15.0 Å². The van der Waals surface area contributed by atoms with Crippen LogP contribution in [0.1, 0.15) is 26.5 Å². The molecular formula is C13H12FN3O4. The van der Waals surface area contributed by atoms with Gasteiger partial charge in [0.05, 0.1) is 20.8 Å². The third-order valence-electron chi connectivity index (χ3n) is 2.71. The molecule has 0 atom stereocenters. The van der Waals surface area contributed by atoms with E-state index in [4.69, 9.17) is 0 Å². The molecule has 8 heteroatoms. The number of methoxy groups -OCH3 is 2. The van der Waals surface area contributed by atoms with Crippen LogP contribution >= 0.6 is 0 Å². The van der Waals surface area contributed by atoms with Crippen molar-refractivity contribution in [1.29, 1.82) is 0 Å². The quantitative estimate of drug-likeness (QED) is 0.783. The van der Waals surface area contributed by atoms with E-state index in [1.807, 2.05) is 0 Å². The normalized spacial score (nSPS) is 10.2. The zero-order valence-corrected chi connectivity index (χ0v) is 11.4. The molecule has 110 valence electrons.